The Balaban J connectivity index is 1.85. The minimum absolute atomic E-state index is 0.105. The Morgan fingerprint density at radius 3 is 2.69 bits per heavy atom. The number of benzene rings is 1. The molecule has 1 aliphatic carbocycles. The molecule has 3 aliphatic heterocycles. The van der Waals surface area contributed by atoms with Crippen molar-refractivity contribution < 1.29 is 14.3 Å². The first kappa shape index (κ1) is 16.1. The van der Waals surface area contributed by atoms with Gasteiger partial charge in [0.2, 0.25) is 0 Å². The number of hydrogen-bond acceptors (Lipinski definition) is 5. The van der Waals surface area contributed by atoms with E-state index in [2.05, 4.69) is 35.5 Å². The first-order valence-corrected chi connectivity index (χ1v) is 9.29. The standard InChI is InChI=1S/C21H24N2O3/c1-11(24)20(2)13-9-15-21(10-16(20)23(15)3)12-7-5-6-8-14(12)22-18(21)17(13)19(25)26-4/h5-8,13,15-16,22H,9-10H2,1-4H3/t13-,15?,16?,20-,21-/m1/s1. The number of fused-ring (bicyclic) bond motifs is 3. The van der Waals surface area contributed by atoms with Crippen molar-refractivity contribution in [3.05, 3.63) is 41.1 Å². The molecule has 1 aromatic rings. The van der Waals surface area contributed by atoms with Crippen LogP contribution >= 0.6 is 0 Å². The van der Waals surface area contributed by atoms with E-state index in [-0.39, 0.29) is 29.1 Å². The average molecular weight is 352 g/mol. The number of ketones is 1. The summed E-state index contributed by atoms with van der Waals surface area (Å²) in [5.74, 6) is -0.248. The number of likely N-dealkylation sites (N-methyl/N-ethyl adjacent to an activating group) is 1. The van der Waals surface area contributed by atoms with E-state index < -0.39 is 5.41 Å². The van der Waals surface area contributed by atoms with Crippen LogP contribution in [0.3, 0.4) is 0 Å². The van der Waals surface area contributed by atoms with Gasteiger partial charge in [-0.25, -0.2) is 4.79 Å². The topological polar surface area (TPSA) is 58.6 Å². The summed E-state index contributed by atoms with van der Waals surface area (Å²) in [5.41, 5.74) is 3.17. The third kappa shape index (κ3) is 1.49. The normalized spacial score (nSPS) is 39.5. The predicted molar refractivity (Wildman–Crippen MR) is 97.6 cm³/mol. The zero-order valence-electron chi connectivity index (χ0n) is 15.6. The third-order valence-electron chi connectivity index (χ3n) is 7.84. The molecular formula is C21H24N2O3. The van der Waals surface area contributed by atoms with Crippen LogP contribution in [0.4, 0.5) is 5.69 Å². The number of Topliss-reactive ketones (excluding diaryl/α,β-unsaturated/α-hetero) is 1. The predicted octanol–water partition coefficient (Wildman–Crippen LogP) is 2.48. The molecule has 5 rings (SSSR count). The van der Waals surface area contributed by atoms with Crippen LogP contribution in [0.5, 0.6) is 0 Å². The molecule has 136 valence electrons. The minimum Gasteiger partial charge on any atom is -0.466 e. The van der Waals surface area contributed by atoms with E-state index in [1.165, 1.54) is 12.7 Å². The van der Waals surface area contributed by atoms with Crippen LogP contribution in [0.25, 0.3) is 0 Å². The van der Waals surface area contributed by atoms with Gasteiger partial charge in [-0.05, 0) is 38.4 Å². The number of nitrogens with zero attached hydrogens (tertiary/aromatic N) is 1. The molecule has 1 aromatic carbocycles. The molecule has 4 aliphatic rings. The lowest BCUT2D eigenvalue weighted by Crippen LogP contribution is -2.60. The van der Waals surface area contributed by atoms with E-state index in [0.29, 0.717) is 11.6 Å². The number of anilines is 1. The zero-order chi connectivity index (χ0) is 18.4. The number of para-hydroxylation sites is 1. The van der Waals surface area contributed by atoms with E-state index in [1.54, 1.807) is 6.92 Å². The summed E-state index contributed by atoms with van der Waals surface area (Å²) in [6, 6.07) is 8.75. The molecule has 1 N–H and O–H groups in total. The molecular weight excluding hydrogens is 328 g/mol. The number of rotatable bonds is 2. The van der Waals surface area contributed by atoms with Gasteiger partial charge in [-0.2, -0.15) is 0 Å². The summed E-state index contributed by atoms with van der Waals surface area (Å²) >= 11 is 0. The molecule has 5 atom stereocenters. The second-order valence-corrected chi connectivity index (χ2v) is 8.45. The van der Waals surface area contributed by atoms with E-state index in [9.17, 15) is 9.59 Å². The number of esters is 1. The summed E-state index contributed by atoms with van der Waals surface area (Å²) < 4.78 is 5.19. The van der Waals surface area contributed by atoms with Crippen molar-refractivity contribution in [3.63, 3.8) is 0 Å². The maximum atomic E-state index is 12.9. The summed E-state index contributed by atoms with van der Waals surface area (Å²) in [5, 5.41) is 3.56. The van der Waals surface area contributed by atoms with Crippen molar-refractivity contribution in [3.8, 4) is 0 Å². The Kier molecular flexibility index (Phi) is 2.95. The van der Waals surface area contributed by atoms with Crippen molar-refractivity contribution in [2.75, 3.05) is 19.5 Å². The van der Waals surface area contributed by atoms with E-state index >= 15 is 0 Å². The highest BCUT2D eigenvalue weighted by molar-refractivity contribution is 5.96. The van der Waals surface area contributed by atoms with Crippen molar-refractivity contribution in [1.29, 1.82) is 0 Å². The van der Waals surface area contributed by atoms with E-state index in [4.69, 9.17) is 4.74 Å². The van der Waals surface area contributed by atoms with Crippen LogP contribution in [-0.2, 0) is 19.7 Å². The van der Waals surface area contributed by atoms with Crippen LogP contribution < -0.4 is 5.32 Å². The number of methoxy groups -OCH3 is 1. The van der Waals surface area contributed by atoms with Crippen molar-refractivity contribution in [1.82, 2.24) is 4.90 Å². The van der Waals surface area contributed by atoms with Gasteiger partial charge in [-0.15, -0.1) is 0 Å². The quantitative estimate of drug-likeness (QED) is 0.829. The van der Waals surface area contributed by atoms with Crippen molar-refractivity contribution >= 4 is 17.4 Å². The molecule has 2 unspecified atom stereocenters. The molecule has 26 heavy (non-hydrogen) atoms. The molecule has 1 spiro atoms. The van der Waals surface area contributed by atoms with Gasteiger partial charge in [0.05, 0.1) is 18.1 Å². The maximum Gasteiger partial charge on any atom is 0.335 e. The van der Waals surface area contributed by atoms with Crippen LogP contribution in [0.15, 0.2) is 35.5 Å². The number of ether oxygens (including phenoxy) is 1. The fourth-order valence-corrected chi connectivity index (χ4v) is 6.51. The van der Waals surface area contributed by atoms with E-state index in [1.807, 2.05) is 13.0 Å². The SMILES string of the molecule is COC(=O)C1=C2Nc3ccccc3[C@@]23CC2N(C)C3C[C@H]1[C@@]2(C)C(C)=O. The van der Waals surface area contributed by atoms with Crippen LogP contribution in [0, 0.1) is 11.3 Å². The largest absolute Gasteiger partial charge is 0.466 e. The smallest absolute Gasteiger partial charge is 0.335 e. The van der Waals surface area contributed by atoms with Gasteiger partial charge in [0, 0.05) is 34.8 Å². The van der Waals surface area contributed by atoms with Gasteiger partial charge >= 0.3 is 5.97 Å². The van der Waals surface area contributed by atoms with Crippen molar-refractivity contribution in [2.45, 2.75) is 44.2 Å². The van der Waals surface area contributed by atoms with Gasteiger partial charge < -0.3 is 10.1 Å². The molecule has 2 fully saturated rings. The highest BCUT2D eigenvalue weighted by Crippen LogP contribution is 2.68. The highest BCUT2D eigenvalue weighted by Gasteiger charge is 2.71. The molecule has 2 saturated heterocycles. The Morgan fingerprint density at radius 1 is 1.27 bits per heavy atom. The molecule has 3 bridgehead atoms. The molecule has 0 amide bonds. The third-order valence-corrected chi connectivity index (χ3v) is 7.84. The number of hydrogen-bond donors (Lipinski definition) is 1. The van der Waals surface area contributed by atoms with Gasteiger partial charge in [-0.3, -0.25) is 9.69 Å². The van der Waals surface area contributed by atoms with Crippen LogP contribution in [0.2, 0.25) is 0 Å². The summed E-state index contributed by atoms with van der Waals surface area (Å²) in [7, 11) is 3.57. The lowest BCUT2D eigenvalue weighted by molar-refractivity contribution is -0.142. The number of piperidine rings is 1. The fourth-order valence-electron chi connectivity index (χ4n) is 6.51. The number of carbonyl (C=O) groups is 2. The first-order chi connectivity index (χ1) is 12.4. The zero-order valence-corrected chi connectivity index (χ0v) is 15.6. The fraction of sp³-hybridized carbons (Fsp3) is 0.524. The molecule has 3 heterocycles. The van der Waals surface area contributed by atoms with Gasteiger partial charge in [0.25, 0.3) is 0 Å². The Hall–Kier alpha value is -2.14. The van der Waals surface area contributed by atoms with Gasteiger partial charge in [-0.1, -0.05) is 25.1 Å². The Bertz CT molecular complexity index is 891. The monoisotopic (exact) mass is 352 g/mol. The van der Waals surface area contributed by atoms with Gasteiger partial charge in [0.15, 0.2) is 0 Å². The Morgan fingerprint density at radius 2 is 2.00 bits per heavy atom. The Labute approximate surface area is 153 Å². The van der Waals surface area contributed by atoms with E-state index in [0.717, 1.165) is 24.2 Å². The number of nitrogens with one attached hydrogen (secondary N) is 1. The molecule has 5 nitrogen and oxygen atoms in total. The number of carbonyl (C=O) groups excluding carboxylic acids is 2. The molecule has 0 aromatic heterocycles. The van der Waals surface area contributed by atoms with Crippen molar-refractivity contribution in [2.24, 2.45) is 11.3 Å². The minimum atomic E-state index is -0.577. The first-order valence-electron chi connectivity index (χ1n) is 9.29. The summed E-state index contributed by atoms with van der Waals surface area (Å²) in [6.07, 6.45) is 1.67. The molecule has 0 saturated carbocycles. The summed E-state index contributed by atoms with van der Waals surface area (Å²) in [4.78, 5) is 28.1. The van der Waals surface area contributed by atoms with Crippen LogP contribution in [-0.4, -0.2) is 42.9 Å². The van der Waals surface area contributed by atoms with Crippen LogP contribution in [0.1, 0.15) is 32.3 Å². The lowest BCUT2D eigenvalue weighted by Gasteiger charge is -2.52. The maximum absolute atomic E-state index is 12.9. The van der Waals surface area contributed by atoms with Gasteiger partial charge in [0.1, 0.15) is 5.78 Å². The highest BCUT2D eigenvalue weighted by atomic mass is 16.5. The second kappa shape index (κ2) is 4.77. The second-order valence-electron chi connectivity index (χ2n) is 8.45. The molecule has 5 heteroatoms. The summed E-state index contributed by atoms with van der Waals surface area (Å²) in [6.45, 7) is 3.72. The average Bonchev–Trinajstić information content (AvgIpc) is 3.05. The lowest BCUT2D eigenvalue weighted by atomic mass is 9.59. The molecule has 0 radical (unpaired) electrons.